The lowest BCUT2D eigenvalue weighted by atomic mass is 9.89. The Hall–Kier alpha value is -0.585. The second kappa shape index (κ2) is 8.50. The Balaban J connectivity index is 1.96. The number of nitrogens with one attached hydrogen (secondary N) is 2. The normalized spacial score (nSPS) is 16.0. The van der Waals surface area contributed by atoms with E-state index in [1.54, 1.807) is 6.82 Å². The zero-order valence-corrected chi connectivity index (χ0v) is 10.7. The van der Waals surface area contributed by atoms with E-state index in [9.17, 15) is 4.79 Å². The predicted octanol–water partition coefficient (Wildman–Crippen LogP) is -0.321. The molecule has 0 bridgehead atoms. The van der Waals surface area contributed by atoms with Crippen LogP contribution in [0.1, 0.15) is 25.7 Å². The highest BCUT2D eigenvalue weighted by Crippen LogP contribution is 2.04. The third-order valence-electron chi connectivity index (χ3n) is 2.98. The van der Waals surface area contributed by atoms with Gasteiger partial charge in [0.05, 0.1) is 0 Å². The fourth-order valence-corrected chi connectivity index (χ4v) is 1.96. The summed E-state index contributed by atoms with van der Waals surface area (Å²) in [6.07, 6.45) is 3.66. The summed E-state index contributed by atoms with van der Waals surface area (Å²) in [5.41, 5.74) is 0. The summed E-state index contributed by atoms with van der Waals surface area (Å²) >= 11 is 0. The van der Waals surface area contributed by atoms with Gasteiger partial charge in [-0.05, 0) is 26.2 Å². The summed E-state index contributed by atoms with van der Waals surface area (Å²) in [4.78, 5) is 13.7. The Morgan fingerprint density at radius 2 is 2.06 bits per heavy atom. The van der Waals surface area contributed by atoms with E-state index in [0.29, 0.717) is 6.42 Å². The van der Waals surface area contributed by atoms with Crippen LogP contribution in [0.5, 0.6) is 0 Å². The first-order valence-electron chi connectivity index (χ1n) is 6.60. The average molecular weight is 241 g/mol. The Labute approximate surface area is 104 Å². The van der Waals surface area contributed by atoms with Crippen LogP contribution in [0, 0.1) is 0 Å². The minimum Gasteiger partial charge on any atom is -0.437 e. The molecule has 6 heteroatoms. The monoisotopic (exact) mass is 241 g/mol. The molecular weight excluding hydrogens is 217 g/mol. The fraction of sp³-hybridized carbons (Fsp3) is 0.909. The van der Waals surface area contributed by atoms with Crippen LogP contribution >= 0.6 is 0 Å². The number of amides is 1. The summed E-state index contributed by atoms with van der Waals surface area (Å²) in [7, 11) is -0.433. The van der Waals surface area contributed by atoms with Gasteiger partial charge in [0.2, 0.25) is 5.91 Å². The highest BCUT2D eigenvalue weighted by Gasteiger charge is 2.14. The second-order valence-electron chi connectivity index (χ2n) is 4.57. The van der Waals surface area contributed by atoms with Gasteiger partial charge in [0.25, 0.3) is 0 Å². The van der Waals surface area contributed by atoms with Crippen molar-refractivity contribution < 1.29 is 9.82 Å². The van der Waals surface area contributed by atoms with E-state index in [1.807, 2.05) is 4.90 Å². The Morgan fingerprint density at radius 3 is 2.71 bits per heavy atom. The highest BCUT2D eigenvalue weighted by atomic mass is 16.2. The molecule has 0 aromatic heterocycles. The van der Waals surface area contributed by atoms with Crippen LogP contribution in [0.25, 0.3) is 0 Å². The highest BCUT2D eigenvalue weighted by molar-refractivity contribution is 6.45. The van der Waals surface area contributed by atoms with Gasteiger partial charge in [0.15, 0.2) is 0 Å². The second-order valence-corrected chi connectivity index (χ2v) is 4.57. The minimum absolute atomic E-state index is 0.287. The number of rotatable bonds is 7. The van der Waals surface area contributed by atoms with Crippen LogP contribution in [0.2, 0.25) is 6.82 Å². The van der Waals surface area contributed by atoms with Crippen LogP contribution in [0.4, 0.5) is 0 Å². The molecule has 5 nitrogen and oxygen atoms in total. The number of nitrogens with zero attached hydrogens (tertiary/aromatic N) is 1. The minimum atomic E-state index is -0.433. The third kappa shape index (κ3) is 6.66. The molecule has 0 unspecified atom stereocenters. The summed E-state index contributed by atoms with van der Waals surface area (Å²) in [5.74, 6) is 0.287. The predicted molar refractivity (Wildman–Crippen MR) is 69.8 cm³/mol. The van der Waals surface area contributed by atoms with Gasteiger partial charge >= 0.3 is 7.05 Å². The molecule has 0 spiro atoms. The van der Waals surface area contributed by atoms with Crippen molar-refractivity contribution in [1.82, 2.24) is 15.4 Å². The van der Waals surface area contributed by atoms with E-state index < -0.39 is 7.05 Å². The quantitative estimate of drug-likeness (QED) is 0.422. The maximum atomic E-state index is 11.8. The van der Waals surface area contributed by atoms with Crippen LogP contribution in [-0.4, -0.2) is 55.6 Å². The lowest BCUT2D eigenvalue weighted by Gasteiger charge is -2.27. The van der Waals surface area contributed by atoms with Crippen molar-refractivity contribution in [1.29, 1.82) is 0 Å². The van der Waals surface area contributed by atoms with Crippen LogP contribution < -0.4 is 10.5 Å². The zero-order valence-electron chi connectivity index (χ0n) is 10.7. The third-order valence-corrected chi connectivity index (χ3v) is 2.98. The first kappa shape index (κ1) is 14.5. The topological polar surface area (TPSA) is 64.6 Å². The zero-order chi connectivity index (χ0) is 12.5. The molecule has 0 aliphatic carbocycles. The van der Waals surface area contributed by atoms with Crippen molar-refractivity contribution >= 4 is 13.0 Å². The molecule has 1 aliphatic heterocycles. The first-order valence-corrected chi connectivity index (χ1v) is 6.60. The van der Waals surface area contributed by atoms with Crippen molar-refractivity contribution in [3.8, 4) is 0 Å². The molecule has 1 aliphatic rings. The standard InChI is InChI=1S/C11H24BN3O2/c1-12(17)14-6-4-2-3-5-11(16)15-9-7-13-8-10-15/h13-14,17H,2-10H2,1H3. The SMILES string of the molecule is CB(O)NCCCCCC(=O)N1CCNCC1. The van der Waals surface area contributed by atoms with E-state index in [0.717, 1.165) is 52.0 Å². The van der Waals surface area contributed by atoms with E-state index >= 15 is 0 Å². The van der Waals surface area contributed by atoms with Gasteiger partial charge in [-0.15, -0.1) is 0 Å². The molecule has 0 aromatic carbocycles. The molecule has 1 fully saturated rings. The molecule has 1 saturated heterocycles. The molecular formula is C11H24BN3O2. The van der Waals surface area contributed by atoms with Gasteiger partial charge in [-0.2, -0.15) is 0 Å². The Morgan fingerprint density at radius 1 is 1.35 bits per heavy atom. The molecule has 0 aromatic rings. The molecule has 98 valence electrons. The molecule has 0 radical (unpaired) electrons. The molecule has 1 heterocycles. The number of hydrogen-bond acceptors (Lipinski definition) is 4. The van der Waals surface area contributed by atoms with E-state index in [-0.39, 0.29) is 5.91 Å². The van der Waals surface area contributed by atoms with Gasteiger partial charge in [-0.1, -0.05) is 6.42 Å². The summed E-state index contributed by atoms with van der Waals surface area (Å²) in [6, 6.07) is 0. The number of carbonyl (C=O) groups excluding carboxylic acids is 1. The van der Waals surface area contributed by atoms with Gasteiger partial charge in [0, 0.05) is 32.6 Å². The Kier molecular flexibility index (Phi) is 7.24. The van der Waals surface area contributed by atoms with Crippen LogP contribution in [-0.2, 0) is 4.79 Å². The van der Waals surface area contributed by atoms with E-state index in [2.05, 4.69) is 10.5 Å². The number of carbonyl (C=O) groups is 1. The van der Waals surface area contributed by atoms with E-state index in [1.165, 1.54) is 0 Å². The maximum absolute atomic E-state index is 11.8. The van der Waals surface area contributed by atoms with Gasteiger partial charge in [0.1, 0.15) is 0 Å². The van der Waals surface area contributed by atoms with Gasteiger partial charge in [-0.3, -0.25) is 4.79 Å². The van der Waals surface area contributed by atoms with Crippen molar-refractivity contribution in [2.75, 3.05) is 32.7 Å². The largest absolute Gasteiger partial charge is 0.437 e. The van der Waals surface area contributed by atoms with E-state index in [4.69, 9.17) is 5.02 Å². The lowest BCUT2D eigenvalue weighted by molar-refractivity contribution is -0.131. The lowest BCUT2D eigenvalue weighted by Crippen LogP contribution is -2.46. The average Bonchev–Trinajstić information content (AvgIpc) is 2.34. The fourth-order valence-electron chi connectivity index (χ4n) is 1.96. The summed E-state index contributed by atoms with van der Waals surface area (Å²) < 4.78 is 0. The van der Waals surface area contributed by atoms with Crippen molar-refractivity contribution in [2.24, 2.45) is 0 Å². The Bertz CT molecular complexity index is 221. The molecule has 1 rings (SSSR count). The first-order chi connectivity index (χ1) is 8.20. The van der Waals surface area contributed by atoms with Crippen molar-refractivity contribution in [3.05, 3.63) is 0 Å². The summed E-state index contributed by atoms with van der Waals surface area (Å²) in [6.45, 7) is 6.08. The number of hydrogen-bond donors (Lipinski definition) is 3. The number of piperazine rings is 1. The smallest absolute Gasteiger partial charge is 0.373 e. The van der Waals surface area contributed by atoms with Crippen LogP contribution in [0.15, 0.2) is 0 Å². The van der Waals surface area contributed by atoms with Crippen molar-refractivity contribution in [2.45, 2.75) is 32.5 Å². The molecule has 0 saturated carbocycles. The van der Waals surface area contributed by atoms with Gasteiger partial charge < -0.3 is 20.5 Å². The number of unbranched alkanes of at least 4 members (excludes halogenated alkanes) is 2. The molecule has 0 atom stereocenters. The molecule has 3 N–H and O–H groups in total. The maximum Gasteiger partial charge on any atom is 0.373 e. The molecule has 17 heavy (non-hydrogen) atoms. The van der Waals surface area contributed by atoms with Crippen molar-refractivity contribution in [3.63, 3.8) is 0 Å². The van der Waals surface area contributed by atoms with Crippen LogP contribution in [0.3, 0.4) is 0 Å². The molecule has 1 amide bonds. The van der Waals surface area contributed by atoms with Gasteiger partial charge in [-0.25, -0.2) is 0 Å². The summed E-state index contributed by atoms with van der Waals surface area (Å²) in [5, 5.41) is 15.2.